The fourth-order valence-corrected chi connectivity index (χ4v) is 2.60. The van der Waals surface area contributed by atoms with Crippen molar-refractivity contribution in [2.45, 2.75) is 13.0 Å². The van der Waals surface area contributed by atoms with Crippen molar-refractivity contribution in [1.29, 1.82) is 0 Å². The third-order valence-corrected chi connectivity index (χ3v) is 4.07. The number of rotatable bonds is 4. The lowest BCUT2D eigenvalue weighted by Gasteiger charge is -2.35. The van der Waals surface area contributed by atoms with Crippen LogP contribution in [0.3, 0.4) is 0 Å². The van der Waals surface area contributed by atoms with Gasteiger partial charge in [-0.05, 0) is 42.3 Å². The van der Waals surface area contributed by atoms with E-state index in [4.69, 9.17) is 16.3 Å². The van der Waals surface area contributed by atoms with Crippen LogP contribution in [0.4, 0.5) is 4.39 Å². The Morgan fingerprint density at radius 3 is 2.59 bits per heavy atom. The summed E-state index contributed by atoms with van der Waals surface area (Å²) in [5.74, 6) is 0.743. The van der Waals surface area contributed by atoms with Crippen molar-refractivity contribution in [3.63, 3.8) is 0 Å². The molecule has 1 heterocycles. The van der Waals surface area contributed by atoms with Crippen molar-refractivity contribution in [3.05, 3.63) is 64.4 Å². The highest BCUT2D eigenvalue weighted by atomic mass is 35.5. The Kier molecular flexibility index (Phi) is 5.68. The maximum absolute atomic E-state index is 13.7. The SMILES string of the molecule is Cc1cccc(OC(c2ccc(Cl)c(F)c2)C2CNC2)c1.Cl. The lowest BCUT2D eigenvalue weighted by molar-refractivity contribution is 0.0990. The Hall–Kier alpha value is -1.29. The highest BCUT2D eigenvalue weighted by molar-refractivity contribution is 6.30. The van der Waals surface area contributed by atoms with Crippen LogP contribution in [0.25, 0.3) is 0 Å². The van der Waals surface area contributed by atoms with Crippen LogP contribution in [0, 0.1) is 18.7 Å². The minimum absolute atomic E-state index is 0. The summed E-state index contributed by atoms with van der Waals surface area (Å²) in [4.78, 5) is 0. The predicted octanol–water partition coefficient (Wildman–Crippen LogP) is 4.55. The molecular weight excluding hydrogens is 324 g/mol. The quantitative estimate of drug-likeness (QED) is 0.880. The van der Waals surface area contributed by atoms with Crippen molar-refractivity contribution in [2.75, 3.05) is 13.1 Å². The van der Waals surface area contributed by atoms with E-state index in [1.807, 2.05) is 37.3 Å². The summed E-state index contributed by atoms with van der Waals surface area (Å²) in [6.07, 6.45) is -0.167. The molecule has 0 saturated carbocycles. The fraction of sp³-hybridized carbons (Fsp3) is 0.294. The highest BCUT2D eigenvalue weighted by Gasteiger charge is 2.30. The number of benzene rings is 2. The van der Waals surface area contributed by atoms with E-state index in [0.29, 0.717) is 5.92 Å². The van der Waals surface area contributed by atoms with Crippen LogP contribution < -0.4 is 10.1 Å². The van der Waals surface area contributed by atoms with Crippen molar-refractivity contribution >= 4 is 24.0 Å². The number of hydrogen-bond acceptors (Lipinski definition) is 2. The molecule has 0 amide bonds. The summed E-state index contributed by atoms with van der Waals surface area (Å²) in [7, 11) is 0. The Morgan fingerprint density at radius 2 is 2.00 bits per heavy atom. The zero-order chi connectivity index (χ0) is 14.8. The smallest absolute Gasteiger partial charge is 0.142 e. The molecule has 1 fully saturated rings. The van der Waals surface area contributed by atoms with Gasteiger partial charge in [0.25, 0.3) is 0 Å². The molecule has 3 rings (SSSR count). The van der Waals surface area contributed by atoms with E-state index in [9.17, 15) is 4.39 Å². The monoisotopic (exact) mass is 341 g/mol. The average molecular weight is 342 g/mol. The molecule has 2 nitrogen and oxygen atoms in total. The molecular formula is C17H18Cl2FNO. The van der Waals surface area contributed by atoms with Crippen LogP contribution in [0.2, 0.25) is 5.02 Å². The Balaban J connectivity index is 0.00000176. The average Bonchev–Trinajstić information content (AvgIpc) is 2.39. The van der Waals surface area contributed by atoms with E-state index in [1.165, 1.54) is 6.07 Å². The molecule has 5 heteroatoms. The third kappa shape index (κ3) is 3.72. The van der Waals surface area contributed by atoms with Crippen LogP contribution >= 0.6 is 24.0 Å². The summed E-state index contributed by atoms with van der Waals surface area (Å²) in [6.45, 7) is 3.77. The van der Waals surface area contributed by atoms with Crippen molar-refractivity contribution in [2.24, 2.45) is 5.92 Å². The molecule has 0 spiro atoms. The van der Waals surface area contributed by atoms with Gasteiger partial charge in [0, 0.05) is 19.0 Å². The summed E-state index contributed by atoms with van der Waals surface area (Å²) in [5, 5.41) is 3.37. The van der Waals surface area contributed by atoms with Gasteiger partial charge in [0.1, 0.15) is 17.7 Å². The largest absolute Gasteiger partial charge is 0.485 e. The standard InChI is InChI=1S/C17H17ClFNO.ClH/c1-11-3-2-4-14(7-11)21-17(13-9-20-10-13)12-5-6-15(18)16(19)8-12;/h2-8,13,17,20H,9-10H2,1H3;1H. The van der Waals surface area contributed by atoms with E-state index in [-0.39, 0.29) is 23.5 Å². The third-order valence-electron chi connectivity index (χ3n) is 3.77. The second-order valence-corrected chi connectivity index (χ2v) is 5.85. The molecule has 0 aliphatic carbocycles. The van der Waals surface area contributed by atoms with Crippen molar-refractivity contribution in [1.82, 2.24) is 5.32 Å². The topological polar surface area (TPSA) is 21.3 Å². The lowest BCUT2D eigenvalue weighted by Crippen LogP contribution is -2.46. The molecule has 1 aliphatic heterocycles. The van der Waals surface area contributed by atoms with E-state index in [2.05, 4.69) is 5.32 Å². The first-order chi connectivity index (χ1) is 10.1. The zero-order valence-corrected chi connectivity index (χ0v) is 13.8. The predicted molar refractivity (Wildman–Crippen MR) is 89.6 cm³/mol. The molecule has 0 aromatic heterocycles. The normalized spacial score (nSPS) is 15.6. The first-order valence-electron chi connectivity index (χ1n) is 7.02. The van der Waals surface area contributed by atoms with Gasteiger partial charge in [0.2, 0.25) is 0 Å². The molecule has 118 valence electrons. The molecule has 2 aromatic carbocycles. The van der Waals surface area contributed by atoms with Gasteiger partial charge >= 0.3 is 0 Å². The summed E-state index contributed by atoms with van der Waals surface area (Å²) in [5.41, 5.74) is 1.96. The van der Waals surface area contributed by atoms with Crippen LogP contribution in [0.15, 0.2) is 42.5 Å². The number of hydrogen-bond donors (Lipinski definition) is 1. The molecule has 0 radical (unpaired) electrons. The minimum Gasteiger partial charge on any atom is -0.485 e. The van der Waals surface area contributed by atoms with Gasteiger partial charge in [-0.3, -0.25) is 0 Å². The second-order valence-electron chi connectivity index (χ2n) is 5.45. The van der Waals surface area contributed by atoms with Gasteiger partial charge < -0.3 is 10.1 Å². The van der Waals surface area contributed by atoms with Crippen molar-refractivity contribution < 1.29 is 9.13 Å². The van der Waals surface area contributed by atoms with Gasteiger partial charge in [-0.25, -0.2) is 4.39 Å². The lowest BCUT2D eigenvalue weighted by atomic mass is 9.90. The summed E-state index contributed by atoms with van der Waals surface area (Å²) < 4.78 is 19.9. The summed E-state index contributed by atoms with van der Waals surface area (Å²) >= 11 is 5.77. The first-order valence-corrected chi connectivity index (χ1v) is 7.40. The molecule has 1 saturated heterocycles. The van der Waals surface area contributed by atoms with Gasteiger partial charge in [-0.2, -0.15) is 0 Å². The molecule has 22 heavy (non-hydrogen) atoms. The Labute approximate surface area is 141 Å². The van der Waals surface area contributed by atoms with E-state index in [1.54, 1.807) is 6.07 Å². The first kappa shape index (κ1) is 17.1. The van der Waals surface area contributed by atoms with E-state index < -0.39 is 5.82 Å². The second kappa shape index (κ2) is 7.32. The van der Waals surface area contributed by atoms with Gasteiger partial charge in [-0.15, -0.1) is 12.4 Å². The van der Waals surface area contributed by atoms with E-state index in [0.717, 1.165) is 30.0 Å². The number of halogens is 3. The fourth-order valence-electron chi connectivity index (χ4n) is 2.49. The van der Waals surface area contributed by atoms with Crippen LogP contribution in [0.1, 0.15) is 17.2 Å². The molecule has 1 aliphatic rings. The highest BCUT2D eigenvalue weighted by Crippen LogP contribution is 2.32. The van der Waals surface area contributed by atoms with Gasteiger partial charge in [0.05, 0.1) is 5.02 Å². The Bertz CT molecular complexity index is 646. The molecule has 1 atom stereocenters. The van der Waals surface area contributed by atoms with Crippen LogP contribution in [0.5, 0.6) is 5.75 Å². The maximum Gasteiger partial charge on any atom is 0.142 e. The molecule has 1 N–H and O–H groups in total. The number of aryl methyl sites for hydroxylation is 1. The number of nitrogens with one attached hydrogen (secondary N) is 1. The Morgan fingerprint density at radius 1 is 1.23 bits per heavy atom. The summed E-state index contributed by atoms with van der Waals surface area (Å²) in [6, 6.07) is 12.8. The molecule has 0 bridgehead atoms. The van der Waals surface area contributed by atoms with Gasteiger partial charge in [-0.1, -0.05) is 29.8 Å². The zero-order valence-electron chi connectivity index (χ0n) is 12.2. The van der Waals surface area contributed by atoms with Crippen molar-refractivity contribution in [3.8, 4) is 5.75 Å². The van der Waals surface area contributed by atoms with Gasteiger partial charge in [0.15, 0.2) is 0 Å². The molecule has 1 unspecified atom stereocenters. The van der Waals surface area contributed by atoms with Crippen LogP contribution in [-0.4, -0.2) is 13.1 Å². The maximum atomic E-state index is 13.7. The number of ether oxygens (including phenoxy) is 1. The van der Waals surface area contributed by atoms with E-state index >= 15 is 0 Å². The van der Waals surface area contributed by atoms with Crippen LogP contribution in [-0.2, 0) is 0 Å². The minimum atomic E-state index is -0.403. The molecule has 2 aromatic rings.